The van der Waals surface area contributed by atoms with Crippen LogP contribution < -0.4 is 0 Å². The largest absolute Gasteiger partial charge is 0.481 e. The van der Waals surface area contributed by atoms with Gasteiger partial charge in [-0.05, 0) is 0 Å². The lowest BCUT2D eigenvalue weighted by atomic mass is 9.97. The molecule has 0 aromatic heterocycles. The zero-order chi connectivity index (χ0) is 13.2. The molecule has 0 aliphatic carbocycles. The lowest BCUT2D eigenvalue weighted by molar-refractivity contribution is -0.140. The van der Waals surface area contributed by atoms with E-state index in [9.17, 15) is 22.8 Å². The number of urea groups is 1. The third-order valence-electron chi connectivity index (χ3n) is 2.43. The van der Waals surface area contributed by atoms with Crippen molar-refractivity contribution in [2.45, 2.75) is 12.6 Å². The first-order chi connectivity index (χ1) is 7.69. The Morgan fingerprint density at radius 2 is 1.94 bits per heavy atom. The number of amides is 2. The normalized spacial score (nSPS) is 16.6. The summed E-state index contributed by atoms with van der Waals surface area (Å²) in [5.74, 6) is -1.12. The lowest BCUT2D eigenvalue weighted by Gasteiger charge is -2.40. The van der Waals surface area contributed by atoms with Crippen molar-refractivity contribution in [1.82, 2.24) is 9.80 Å². The molecule has 1 aliphatic heterocycles. The molecule has 98 valence electrons. The average Bonchev–Trinajstić information content (AvgIpc) is 2.06. The SMILES string of the molecule is CN(CC(F)(F)F)C(=O)N1CC(CC(=O)O)C1. The van der Waals surface area contributed by atoms with Crippen LogP contribution in [0.3, 0.4) is 0 Å². The first-order valence-electron chi connectivity index (χ1n) is 4.97. The Hall–Kier alpha value is -1.47. The smallest absolute Gasteiger partial charge is 0.406 e. The Bertz CT molecular complexity index is 313. The molecule has 0 saturated carbocycles. The van der Waals surface area contributed by atoms with Crippen LogP contribution in [-0.2, 0) is 4.79 Å². The van der Waals surface area contributed by atoms with E-state index in [0.717, 1.165) is 7.05 Å². The molecule has 2 amide bonds. The summed E-state index contributed by atoms with van der Waals surface area (Å²) in [5.41, 5.74) is 0. The van der Waals surface area contributed by atoms with Crippen molar-refractivity contribution in [1.29, 1.82) is 0 Å². The van der Waals surface area contributed by atoms with E-state index in [-0.39, 0.29) is 25.4 Å². The molecule has 1 saturated heterocycles. The first-order valence-corrected chi connectivity index (χ1v) is 4.97. The third kappa shape index (κ3) is 4.12. The van der Waals surface area contributed by atoms with Gasteiger partial charge in [-0.15, -0.1) is 0 Å². The summed E-state index contributed by atoms with van der Waals surface area (Å²) in [6.45, 7) is -0.896. The van der Waals surface area contributed by atoms with E-state index in [0.29, 0.717) is 4.90 Å². The molecule has 0 atom stereocenters. The van der Waals surface area contributed by atoms with Crippen LogP contribution in [0.25, 0.3) is 0 Å². The van der Waals surface area contributed by atoms with Crippen molar-refractivity contribution in [3.05, 3.63) is 0 Å². The predicted octanol–water partition coefficient (Wildman–Crippen LogP) is 1.01. The van der Waals surface area contributed by atoms with Crippen LogP contribution in [-0.4, -0.2) is 59.8 Å². The average molecular weight is 254 g/mol. The molecule has 0 spiro atoms. The number of carbonyl (C=O) groups excluding carboxylic acids is 1. The summed E-state index contributed by atoms with van der Waals surface area (Å²) < 4.78 is 36.0. The van der Waals surface area contributed by atoms with Gasteiger partial charge in [0.05, 0.1) is 6.42 Å². The highest BCUT2D eigenvalue weighted by molar-refractivity contribution is 5.75. The molecular weight excluding hydrogens is 241 g/mol. The van der Waals surface area contributed by atoms with Crippen LogP contribution in [0, 0.1) is 5.92 Å². The number of rotatable bonds is 3. The van der Waals surface area contributed by atoms with Gasteiger partial charge in [0.1, 0.15) is 6.54 Å². The zero-order valence-corrected chi connectivity index (χ0v) is 9.20. The van der Waals surface area contributed by atoms with Gasteiger partial charge in [-0.3, -0.25) is 4.79 Å². The van der Waals surface area contributed by atoms with Gasteiger partial charge in [-0.2, -0.15) is 13.2 Å². The number of carboxylic acids is 1. The molecule has 1 aliphatic rings. The second-order valence-electron chi connectivity index (χ2n) is 4.12. The van der Waals surface area contributed by atoms with E-state index in [1.165, 1.54) is 4.90 Å². The van der Waals surface area contributed by atoms with Crippen LogP contribution in [0.15, 0.2) is 0 Å². The topological polar surface area (TPSA) is 60.9 Å². The van der Waals surface area contributed by atoms with Crippen LogP contribution in [0.4, 0.5) is 18.0 Å². The summed E-state index contributed by atoms with van der Waals surface area (Å²) in [4.78, 5) is 23.6. The van der Waals surface area contributed by atoms with E-state index in [1.807, 2.05) is 0 Å². The summed E-state index contributed by atoms with van der Waals surface area (Å²) in [6, 6.07) is -0.719. The van der Waals surface area contributed by atoms with Gasteiger partial charge in [0.25, 0.3) is 0 Å². The fourth-order valence-electron chi connectivity index (χ4n) is 1.68. The van der Waals surface area contributed by atoms with E-state index in [4.69, 9.17) is 5.11 Å². The Morgan fingerprint density at radius 3 is 2.35 bits per heavy atom. The molecule has 8 heteroatoms. The van der Waals surface area contributed by atoms with Crippen molar-refractivity contribution < 1.29 is 27.9 Å². The van der Waals surface area contributed by atoms with Gasteiger partial charge in [0, 0.05) is 26.1 Å². The van der Waals surface area contributed by atoms with Gasteiger partial charge >= 0.3 is 18.2 Å². The molecule has 17 heavy (non-hydrogen) atoms. The molecule has 1 rings (SSSR count). The Morgan fingerprint density at radius 1 is 1.41 bits per heavy atom. The van der Waals surface area contributed by atoms with Crippen molar-refractivity contribution in [2.75, 3.05) is 26.7 Å². The standard InChI is InChI=1S/C9H13F3N2O3/c1-13(5-9(10,11)12)8(17)14-3-6(4-14)2-7(15)16/h6H,2-5H2,1H3,(H,15,16). The highest BCUT2D eigenvalue weighted by Gasteiger charge is 2.37. The Balaban J connectivity index is 2.34. The van der Waals surface area contributed by atoms with E-state index < -0.39 is 24.7 Å². The number of likely N-dealkylation sites (tertiary alicyclic amines) is 1. The number of halogens is 3. The fourth-order valence-corrected chi connectivity index (χ4v) is 1.68. The molecular formula is C9H13F3N2O3. The van der Waals surface area contributed by atoms with Gasteiger partial charge in [-0.25, -0.2) is 4.79 Å². The quantitative estimate of drug-likeness (QED) is 0.817. The number of aliphatic carboxylic acids is 1. The van der Waals surface area contributed by atoms with E-state index >= 15 is 0 Å². The monoisotopic (exact) mass is 254 g/mol. The van der Waals surface area contributed by atoms with E-state index in [1.54, 1.807) is 0 Å². The van der Waals surface area contributed by atoms with Crippen LogP contribution in [0.5, 0.6) is 0 Å². The fraction of sp³-hybridized carbons (Fsp3) is 0.778. The number of hydrogen-bond donors (Lipinski definition) is 1. The lowest BCUT2D eigenvalue weighted by Crippen LogP contribution is -2.55. The molecule has 0 bridgehead atoms. The predicted molar refractivity (Wildman–Crippen MR) is 51.4 cm³/mol. The molecule has 0 aromatic carbocycles. The molecule has 5 nitrogen and oxygen atoms in total. The van der Waals surface area contributed by atoms with Gasteiger partial charge in [-0.1, -0.05) is 0 Å². The zero-order valence-electron chi connectivity index (χ0n) is 9.20. The number of carbonyl (C=O) groups is 2. The van der Waals surface area contributed by atoms with Crippen molar-refractivity contribution in [2.24, 2.45) is 5.92 Å². The number of alkyl halides is 3. The number of hydrogen-bond acceptors (Lipinski definition) is 2. The molecule has 0 radical (unpaired) electrons. The van der Waals surface area contributed by atoms with Crippen molar-refractivity contribution in [3.8, 4) is 0 Å². The summed E-state index contributed by atoms with van der Waals surface area (Å²) in [6.07, 6.45) is -4.48. The minimum Gasteiger partial charge on any atom is -0.481 e. The van der Waals surface area contributed by atoms with Crippen LogP contribution in [0.2, 0.25) is 0 Å². The first kappa shape index (κ1) is 13.6. The van der Waals surface area contributed by atoms with Crippen LogP contribution in [0.1, 0.15) is 6.42 Å². The minimum absolute atomic E-state index is 0.0627. The Kier molecular flexibility index (Phi) is 3.84. The molecule has 1 N–H and O–H groups in total. The summed E-state index contributed by atoms with van der Waals surface area (Å²) >= 11 is 0. The Labute approximate surface area is 95.8 Å². The van der Waals surface area contributed by atoms with Crippen molar-refractivity contribution >= 4 is 12.0 Å². The maximum atomic E-state index is 12.0. The highest BCUT2D eigenvalue weighted by Crippen LogP contribution is 2.22. The second kappa shape index (κ2) is 4.80. The molecule has 0 aromatic rings. The van der Waals surface area contributed by atoms with Gasteiger partial charge < -0.3 is 14.9 Å². The van der Waals surface area contributed by atoms with E-state index in [2.05, 4.69) is 0 Å². The van der Waals surface area contributed by atoms with Crippen LogP contribution >= 0.6 is 0 Å². The molecule has 0 unspecified atom stereocenters. The third-order valence-corrected chi connectivity index (χ3v) is 2.43. The minimum atomic E-state index is -4.42. The van der Waals surface area contributed by atoms with Crippen molar-refractivity contribution in [3.63, 3.8) is 0 Å². The molecule has 1 fully saturated rings. The molecule has 1 heterocycles. The van der Waals surface area contributed by atoms with Gasteiger partial charge in [0.15, 0.2) is 0 Å². The highest BCUT2D eigenvalue weighted by atomic mass is 19.4. The number of carboxylic acid groups (broad SMARTS) is 1. The summed E-state index contributed by atoms with van der Waals surface area (Å²) in [7, 11) is 1.07. The number of nitrogens with zero attached hydrogens (tertiary/aromatic N) is 2. The maximum Gasteiger partial charge on any atom is 0.406 e. The maximum absolute atomic E-state index is 12.0. The second-order valence-corrected chi connectivity index (χ2v) is 4.12. The van der Waals surface area contributed by atoms with Gasteiger partial charge in [0.2, 0.25) is 0 Å². The summed E-state index contributed by atoms with van der Waals surface area (Å²) in [5, 5.41) is 8.47.